The molecule has 2 rings (SSSR count). The fourth-order valence-corrected chi connectivity index (χ4v) is 3.01. The summed E-state index contributed by atoms with van der Waals surface area (Å²) < 4.78 is 5.44. The number of nitrogens with zero attached hydrogens (tertiary/aromatic N) is 2. The van der Waals surface area contributed by atoms with Crippen LogP contribution >= 0.6 is 35.6 Å². The van der Waals surface area contributed by atoms with Crippen molar-refractivity contribution in [3.05, 3.63) is 34.9 Å². The number of guanidine groups is 1. The lowest BCUT2D eigenvalue weighted by atomic mass is 10.0. The Labute approximate surface area is 184 Å². The Balaban J connectivity index is 0.00000364. The van der Waals surface area contributed by atoms with Crippen molar-refractivity contribution in [2.24, 2.45) is 4.99 Å². The van der Waals surface area contributed by atoms with Crippen LogP contribution in [0.15, 0.2) is 29.3 Å². The predicted molar refractivity (Wildman–Crippen MR) is 122 cm³/mol. The smallest absolute Gasteiger partial charge is 0.191 e. The standard InChI is InChI=1S/C19H31ClN4O2.HI/c1-4-21-18(22-13-17(25)15-5-7-16(20)8-6-15)23-14-19(2,3)24-9-11-26-12-10-24;/h5-8,17,25H,4,9-14H2,1-3H3,(H2,21,22,23);1H. The van der Waals surface area contributed by atoms with Crippen LogP contribution in [-0.4, -0.2) is 67.4 Å². The Kier molecular flexibility index (Phi) is 10.9. The molecule has 0 spiro atoms. The molecule has 1 heterocycles. The van der Waals surface area contributed by atoms with Gasteiger partial charge in [0.15, 0.2) is 5.96 Å². The van der Waals surface area contributed by atoms with E-state index in [1.165, 1.54) is 0 Å². The van der Waals surface area contributed by atoms with Gasteiger partial charge in [-0.1, -0.05) is 23.7 Å². The van der Waals surface area contributed by atoms with E-state index >= 15 is 0 Å². The van der Waals surface area contributed by atoms with Crippen molar-refractivity contribution in [1.82, 2.24) is 15.5 Å². The largest absolute Gasteiger partial charge is 0.387 e. The van der Waals surface area contributed by atoms with Crippen molar-refractivity contribution < 1.29 is 9.84 Å². The second kappa shape index (κ2) is 12.1. The average Bonchev–Trinajstić information content (AvgIpc) is 2.65. The van der Waals surface area contributed by atoms with E-state index < -0.39 is 6.10 Å². The van der Waals surface area contributed by atoms with E-state index in [0.717, 1.165) is 38.4 Å². The highest BCUT2D eigenvalue weighted by Gasteiger charge is 2.28. The van der Waals surface area contributed by atoms with Crippen molar-refractivity contribution in [1.29, 1.82) is 0 Å². The molecule has 8 heteroatoms. The lowest BCUT2D eigenvalue weighted by molar-refractivity contribution is -0.00684. The Bertz CT molecular complexity index is 578. The summed E-state index contributed by atoms with van der Waals surface area (Å²) in [5.41, 5.74) is 0.785. The molecular weight excluding hydrogens is 479 g/mol. The summed E-state index contributed by atoms with van der Waals surface area (Å²) in [6, 6.07) is 7.23. The van der Waals surface area contributed by atoms with Crippen LogP contribution in [0.1, 0.15) is 32.4 Å². The van der Waals surface area contributed by atoms with Crippen LogP contribution in [-0.2, 0) is 4.74 Å². The van der Waals surface area contributed by atoms with Crippen molar-refractivity contribution in [2.45, 2.75) is 32.4 Å². The number of aliphatic imine (C=N–C) groups is 1. The molecule has 0 amide bonds. The van der Waals surface area contributed by atoms with Gasteiger partial charge >= 0.3 is 0 Å². The molecule has 0 saturated carbocycles. The van der Waals surface area contributed by atoms with Crippen molar-refractivity contribution in [3.63, 3.8) is 0 Å². The van der Waals surface area contributed by atoms with Crippen molar-refractivity contribution in [3.8, 4) is 0 Å². The quantitative estimate of drug-likeness (QED) is 0.299. The molecule has 154 valence electrons. The number of aliphatic hydroxyl groups excluding tert-OH is 1. The molecule has 6 nitrogen and oxygen atoms in total. The van der Waals surface area contributed by atoms with Crippen LogP contribution in [0.5, 0.6) is 0 Å². The van der Waals surface area contributed by atoms with E-state index in [4.69, 9.17) is 21.3 Å². The Morgan fingerprint density at radius 1 is 1.26 bits per heavy atom. The predicted octanol–water partition coefficient (Wildman–Crippen LogP) is 2.66. The first kappa shape index (κ1) is 24.4. The molecule has 27 heavy (non-hydrogen) atoms. The number of aliphatic hydroxyl groups is 1. The van der Waals surface area contributed by atoms with Gasteiger partial charge in [-0.2, -0.15) is 0 Å². The van der Waals surface area contributed by atoms with Gasteiger partial charge < -0.3 is 20.5 Å². The molecule has 1 aliphatic rings. The maximum Gasteiger partial charge on any atom is 0.191 e. The highest BCUT2D eigenvalue weighted by Crippen LogP contribution is 2.17. The summed E-state index contributed by atoms with van der Waals surface area (Å²) in [4.78, 5) is 7.13. The second-order valence-corrected chi connectivity index (χ2v) is 7.49. The van der Waals surface area contributed by atoms with Gasteiger partial charge in [0.25, 0.3) is 0 Å². The lowest BCUT2D eigenvalue weighted by Gasteiger charge is -2.39. The molecule has 0 aromatic heterocycles. The van der Waals surface area contributed by atoms with Gasteiger partial charge in [-0.15, -0.1) is 24.0 Å². The van der Waals surface area contributed by atoms with Crippen LogP contribution in [0.4, 0.5) is 0 Å². The van der Waals surface area contributed by atoms with E-state index in [2.05, 4.69) is 29.4 Å². The molecule has 1 fully saturated rings. The van der Waals surface area contributed by atoms with Gasteiger partial charge in [-0.25, -0.2) is 0 Å². The molecule has 0 bridgehead atoms. The minimum atomic E-state index is -0.622. The van der Waals surface area contributed by atoms with Crippen molar-refractivity contribution >= 4 is 41.5 Å². The van der Waals surface area contributed by atoms with Gasteiger partial charge in [0, 0.05) is 36.7 Å². The minimum Gasteiger partial charge on any atom is -0.387 e. The highest BCUT2D eigenvalue weighted by molar-refractivity contribution is 14.0. The molecule has 1 aromatic carbocycles. The first-order chi connectivity index (χ1) is 12.4. The van der Waals surface area contributed by atoms with Crippen LogP contribution in [0.2, 0.25) is 5.02 Å². The summed E-state index contributed by atoms with van der Waals surface area (Å²) >= 11 is 5.89. The third kappa shape index (κ3) is 8.11. The number of hydrogen-bond donors (Lipinski definition) is 3. The van der Waals surface area contributed by atoms with E-state index in [0.29, 0.717) is 24.1 Å². The summed E-state index contributed by atoms with van der Waals surface area (Å²) in [7, 11) is 0. The minimum absolute atomic E-state index is 0. The zero-order chi connectivity index (χ0) is 19.0. The summed E-state index contributed by atoms with van der Waals surface area (Å²) in [5, 5.41) is 17.5. The number of morpholine rings is 1. The summed E-state index contributed by atoms with van der Waals surface area (Å²) in [5.74, 6) is 0.710. The summed E-state index contributed by atoms with van der Waals surface area (Å²) in [6.45, 7) is 11.7. The second-order valence-electron chi connectivity index (χ2n) is 7.06. The van der Waals surface area contributed by atoms with Gasteiger partial charge in [-0.3, -0.25) is 9.89 Å². The van der Waals surface area contributed by atoms with Crippen molar-refractivity contribution in [2.75, 3.05) is 45.9 Å². The zero-order valence-corrected chi connectivity index (χ0v) is 19.5. The average molecular weight is 511 g/mol. The number of halogens is 2. The first-order valence-electron chi connectivity index (χ1n) is 9.21. The number of ether oxygens (including phenoxy) is 1. The third-order valence-corrected chi connectivity index (χ3v) is 4.81. The topological polar surface area (TPSA) is 69.1 Å². The Hall–Kier alpha value is -0.610. The van der Waals surface area contributed by atoms with Crippen LogP contribution in [0, 0.1) is 0 Å². The zero-order valence-electron chi connectivity index (χ0n) is 16.4. The van der Waals surface area contributed by atoms with E-state index in [-0.39, 0.29) is 29.5 Å². The molecule has 1 unspecified atom stereocenters. The first-order valence-corrected chi connectivity index (χ1v) is 9.58. The number of hydrogen-bond acceptors (Lipinski definition) is 4. The van der Waals surface area contributed by atoms with E-state index in [1.807, 2.05) is 19.1 Å². The SMILES string of the molecule is CCNC(=NCC(C)(C)N1CCOCC1)NCC(O)c1ccc(Cl)cc1.I. The molecule has 3 N–H and O–H groups in total. The van der Waals surface area contributed by atoms with Gasteiger partial charge in [0.05, 0.1) is 25.9 Å². The third-order valence-electron chi connectivity index (χ3n) is 4.55. The number of rotatable bonds is 7. The van der Waals surface area contributed by atoms with Crippen LogP contribution < -0.4 is 10.6 Å². The summed E-state index contributed by atoms with van der Waals surface area (Å²) in [6.07, 6.45) is -0.622. The van der Waals surface area contributed by atoms with Gasteiger partial charge in [0.2, 0.25) is 0 Å². The molecule has 1 aliphatic heterocycles. The maximum absolute atomic E-state index is 10.3. The molecular formula is C19H32ClIN4O2. The Morgan fingerprint density at radius 2 is 1.89 bits per heavy atom. The monoisotopic (exact) mass is 510 g/mol. The Morgan fingerprint density at radius 3 is 2.48 bits per heavy atom. The van der Waals surface area contributed by atoms with E-state index in [1.54, 1.807) is 12.1 Å². The molecule has 0 aliphatic carbocycles. The van der Waals surface area contributed by atoms with Crippen LogP contribution in [0.25, 0.3) is 0 Å². The number of nitrogens with one attached hydrogen (secondary N) is 2. The molecule has 1 saturated heterocycles. The highest BCUT2D eigenvalue weighted by atomic mass is 127. The maximum atomic E-state index is 10.3. The number of benzene rings is 1. The van der Waals surface area contributed by atoms with Gasteiger partial charge in [-0.05, 0) is 38.5 Å². The molecule has 1 aromatic rings. The van der Waals surface area contributed by atoms with E-state index in [9.17, 15) is 5.11 Å². The van der Waals surface area contributed by atoms with Crippen LogP contribution in [0.3, 0.4) is 0 Å². The molecule has 1 atom stereocenters. The van der Waals surface area contributed by atoms with Gasteiger partial charge in [0.1, 0.15) is 0 Å². The molecule has 0 radical (unpaired) electrons. The fraction of sp³-hybridized carbons (Fsp3) is 0.632. The fourth-order valence-electron chi connectivity index (χ4n) is 2.88. The lowest BCUT2D eigenvalue weighted by Crippen LogP contribution is -2.52. The normalized spacial score (nSPS) is 17.1.